The number of hydrogen-bond donors (Lipinski definition) is 1. The van der Waals surface area contributed by atoms with Crippen LogP contribution in [0.25, 0.3) is 10.8 Å². The summed E-state index contributed by atoms with van der Waals surface area (Å²) in [7, 11) is 1.44. The maximum Gasteiger partial charge on any atom is 0.270 e. The largest absolute Gasteiger partial charge is 0.480 e. The van der Waals surface area contributed by atoms with Gasteiger partial charge in [-0.05, 0) is 44.2 Å². The van der Waals surface area contributed by atoms with Gasteiger partial charge in [0.2, 0.25) is 0 Å². The van der Waals surface area contributed by atoms with E-state index in [0.29, 0.717) is 30.6 Å². The second-order valence-corrected chi connectivity index (χ2v) is 8.46. The molecule has 0 radical (unpaired) electrons. The van der Waals surface area contributed by atoms with Crippen molar-refractivity contribution in [3.8, 4) is 5.75 Å². The van der Waals surface area contributed by atoms with Crippen molar-refractivity contribution >= 4 is 28.5 Å². The van der Waals surface area contributed by atoms with E-state index in [1.54, 1.807) is 34.9 Å². The molecule has 3 aromatic rings. The van der Waals surface area contributed by atoms with Gasteiger partial charge in [0, 0.05) is 49.9 Å². The quantitative estimate of drug-likeness (QED) is 0.609. The number of piperazine rings is 1. The number of nitrogens with one attached hydrogen (secondary N) is 1. The molecule has 1 fully saturated rings. The average molecular weight is 479 g/mol. The summed E-state index contributed by atoms with van der Waals surface area (Å²) in [5, 5.41) is 2.84. The van der Waals surface area contributed by atoms with Crippen molar-refractivity contribution in [1.82, 2.24) is 20.1 Å². The molecule has 0 bridgehead atoms. The van der Waals surface area contributed by atoms with Crippen LogP contribution in [-0.4, -0.2) is 71.3 Å². The number of carbonyl (C=O) groups excluding carboxylic acids is 3. The Morgan fingerprint density at radius 1 is 1.11 bits per heavy atom. The molecule has 0 spiro atoms. The second-order valence-electron chi connectivity index (χ2n) is 8.46. The highest BCUT2D eigenvalue weighted by Gasteiger charge is 2.33. The first-order valence-corrected chi connectivity index (χ1v) is 11.4. The Morgan fingerprint density at radius 2 is 1.86 bits per heavy atom. The van der Waals surface area contributed by atoms with E-state index in [0.717, 1.165) is 0 Å². The van der Waals surface area contributed by atoms with Crippen LogP contribution >= 0.6 is 0 Å². The molecule has 182 valence electrons. The molecule has 1 aromatic heterocycles. The van der Waals surface area contributed by atoms with Gasteiger partial charge in [-0.1, -0.05) is 18.2 Å². The lowest BCUT2D eigenvalue weighted by atomic mass is 10.1. The number of nitrogens with zero attached hydrogens (tertiary/aromatic N) is 3. The van der Waals surface area contributed by atoms with Crippen LogP contribution in [-0.2, 0) is 4.79 Å². The molecule has 4 rings (SSSR count). The fourth-order valence-electron chi connectivity index (χ4n) is 4.33. The van der Waals surface area contributed by atoms with Crippen LogP contribution in [0.5, 0.6) is 5.75 Å². The van der Waals surface area contributed by atoms with Crippen molar-refractivity contribution in [2.45, 2.75) is 26.0 Å². The summed E-state index contributed by atoms with van der Waals surface area (Å²) >= 11 is 0. The number of amides is 3. The topological polar surface area (TPSA) is 91.8 Å². The summed E-state index contributed by atoms with van der Waals surface area (Å²) in [6.07, 6.45) is 0.538. The molecule has 0 aliphatic carbocycles. The van der Waals surface area contributed by atoms with E-state index in [-0.39, 0.29) is 34.7 Å². The first-order valence-electron chi connectivity index (χ1n) is 11.4. The smallest absolute Gasteiger partial charge is 0.270 e. The summed E-state index contributed by atoms with van der Waals surface area (Å²) in [5.41, 5.74) is 0.560. The molecular weight excluding hydrogens is 451 g/mol. The summed E-state index contributed by atoms with van der Waals surface area (Å²) in [4.78, 5) is 45.6. The minimum absolute atomic E-state index is 0.0328. The van der Waals surface area contributed by atoms with Gasteiger partial charge in [-0.3, -0.25) is 19.4 Å². The third-order valence-electron chi connectivity index (χ3n) is 6.15. The number of hydrogen-bond acceptors (Lipinski definition) is 5. The van der Waals surface area contributed by atoms with Crippen LogP contribution in [0.15, 0.2) is 54.7 Å². The van der Waals surface area contributed by atoms with E-state index in [1.807, 2.05) is 25.1 Å². The number of aromatic nitrogens is 1. The average Bonchev–Trinajstić information content (AvgIpc) is 2.89. The molecule has 35 heavy (non-hydrogen) atoms. The molecule has 1 aliphatic heterocycles. The fraction of sp³-hybridized carbons (Fsp3) is 0.308. The number of fused-ring (bicyclic) bond motifs is 1. The van der Waals surface area contributed by atoms with Gasteiger partial charge in [0.25, 0.3) is 17.7 Å². The van der Waals surface area contributed by atoms with Crippen molar-refractivity contribution in [3.63, 3.8) is 0 Å². The third kappa shape index (κ3) is 4.80. The van der Waals surface area contributed by atoms with Crippen LogP contribution in [0.1, 0.15) is 34.7 Å². The lowest BCUT2D eigenvalue weighted by Crippen LogP contribution is -2.57. The molecule has 3 amide bonds. The Bertz CT molecular complexity index is 1270. The highest BCUT2D eigenvalue weighted by atomic mass is 19.1. The van der Waals surface area contributed by atoms with Gasteiger partial charge in [-0.25, -0.2) is 4.39 Å². The van der Waals surface area contributed by atoms with E-state index < -0.39 is 17.8 Å². The first kappa shape index (κ1) is 24.1. The van der Waals surface area contributed by atoms with Gasteiger partial charge in [0.15, 0.2) is 6.10 Å². The SMILES string of the molecule is CNC(=O)c1nccc2c(O[C@@H](C)C(=O)N3CCN(C(=O)c4ccccc4)C[C@H]3C)ccc(F)c12. The number of ether oxygens (including phenoxy) is 1. The van der Waals surface area contributed by atoms with Gasteiger partial charge < -0.3 is 19.9 Å². The van der Waals surface area contributed by atoms with Gasteiger partial charge in [0.05, 0.1) is 5.39 Å². The number of carbonyl (C=O) groups is 3. The van der Waals surface area contributed by atoms with Gasteiger partial charge >= 0.3 is 0 Å². The van der Waals surface area contributed by atoms with Crippen LogP contribution < -0.4 is 10.1 Å². The van der Waals surface area contributed by atoms with Crippen LogP contribution in [0.2, 0.25) is 0 Å². The number of halogens is 1. The second kappa shape index (κ2) is 10.1. The zero-order chi connectivity index (χ0) is 25.1. The van der Waals surface area contributed by atoms with Gasteiger partial charge in [-0.15, -0.1) is 0 Å². The van der Waals surface area contributed by atoms with Gasteiger partial charge in [0.1, 0.15) is 17.3 Å². The monoisotopic (exact) mass is 478 g/mol. The Labute approximate surface area is 202 Å². The molecule has 2 heterocycles. The fourth-order valence-corrected chi connectivity index (χ4v) is 4.33. The molecule has 1 aliphatic rings. The van der Waals surface area contributed by atoms with Crippen molar-refractivity contribution in [2.75, 3.05) is 26.7 Å². The van der Waals surface area contributed by atoms with Crippen LogP contribution in [0, 0.1) is 5.82 Å². The van der Waals surface area contributed by atoms with Crippen molar-refractivity contribution < 1.29 is 23.5 Å². The Kier molecular flexibility index (Phi) is 6.95. The van der Waals surface area contributed by atoms with Crippen LogP contribution in [0.4, 0.5) is 4.39 Å². The third-order valence-corrected chi connectivity index (χ3v) is 6.15. The predicted molar refractivity (Wildman–Crippen MR) is 129 cm³/mol. The number of rotatable bonds is 5. The van der Waals surface area contributed by atoms with E-state index in [1.165, 1.54) is 25.4 Å². The predicted octanol–water partition coefficient (Wildman–Crippen LogP) is 2.87. The molecule has 8 nitrogen and oxygen atoms in total. The highest BCUT2D eigenvalue weighted by Crippen LogP contribution is 2.30. The minimum atomic E-state index is -0.862. The van der Waals surface area contributed by atoms with Gasteiger partial charge in [-0.2, -0.15) is 0 Å². The molecule has 2 aromatic carbocycles. The van der Waals surface area contributed by atoms with E-state index in [9.17, 15) is 18.8 Å². The standard InChI is InChI=1S/C26H27FN4O4/c1-16-15-30(26(34)18-7-5-4-6-8-18)13-14-31(16)25(33)17(2)35-21-10-9-20(27)22-19(21)11-12-29-23(22)24(32)28-3/h4-12,16-17H,13-15H2,1-3H3,(H,28,32)/t16-,17+/m1/s1. The maximum atomic E-state index is 14.6. The Morgan fingerprint density at radius 3 is 2.54 bits per heavy atom. The zero-order valence-electron chi connectivity index (χ0n) is 19.8. The number of benzene rings is 2. The van der Waals surface area contributed by atoms with Crippen molar-refractivity contribution in [2.24, 2.45) is 0 Å². The molecule has 1 saturated heterocycles. The zero-order valence-corrected chi connectivity index (χ0v) is 19.8. The van der Waals surface area contributed by atoms with Crippen molar-refractivity contribution in [3.05, 3.63) is 71.8 Å². The Hall–Kier alpha value is -4.01. The lowest BCUT2D eigenvalue weighted by molar-refractivity contribution is -0.142. The van der Waals surface area contributed by atoms with Crippen LogP contribution in [0.3, 0.4) is 0 Å². The highest BCUT2D eigenvalue weighted by molar-refractivity contribution is 6.06. The van der Waals surface area contributed by atoms with Crippen molar-refractivity contribution in [1.29, 1.82) is 0 Å². The Balaban J connectivity index is 1.49. The van der Waals surface area contributed by atoms with E-state index >= 15 is 0 Å². The molecule has 0 unspecified atom stereocenters. The van der Waals surface area contributed by atoms with E-state index in [2.05, 4.69) is 10.3 Å². The first-order chi connectivity index (χ1) is 16.8. The molecule has 0 saturated carbocycles. The lowest BCUT2D eigenvalue weighted by Gasteiger charge is -2.40. The summed E-state index contributed by atoms with van der Waals surface area (Å²) < 4.78 is 20.6. The normalized spacial score (nSPS) is 16.6. The molecule has 2 atom stereocenters. The molecule has 9 heteroatoms. The summed E-state index contributed by atoms with van der Waals surface area (Å²) in [5.74, 6) is -1.15. The molecule has 1 N–H and O–H groups in total. The minimum Gasteiger partial charge on any atom is -0.480 e. The number of pyridine rings is 1. The molecular formula is C26H27FN4O4. The maximum absolute atomic E-state index is 14.6. The summed E-state index contributed by atoms with van der Waals surface area (Å²) in [6, 6.07) is 13.0. The van der Waals surface area contributed by atoms with E-state index in [4.69, 9.17) is 4.74 Å². The summed E-state index contributed by atoms with van der Waals surface area (Å²) in [6.45, 7) is 4.72.